The molecule has 0 saturated heterocycles. The van der Waals surface area contributed by atoms with Crippen molar-refractivity contribution in [3.8, 4) is 0 Å². The zero-order valence-electron chi connectivity index (χ0n) is 20.3. The standard InChI is InChI=1S/C22H46O7Si/c1-7-8-9-10-21(23)28-19-17-26-15-13-24-11-12-25-14-16-27-18-20-29-30(5,6)22(2,3)4/h7-20H2,1-6H3. The average molecular weight is 451 g/mol. The minimum atomic E-state index is -1.68. The van der Waals surface area contributed by atoms with Crippen molar-refractivity contribution in [2.75, 3.05) is 66.1 Å². The fourth-order valence-electron chi connectivity index (χ4n) is 2.14. The van der Waals surface area contributed by atoms with Crippen LogP contribution < -0.4 is 0 Å². The van der Waals surface area contributed by atoms with E-state index < -0.39 is 8.32 Å². The Morgan fingerprint density at radius 2 is 1.13 bits per heavy atom. The molecule has 0 radical (unpaired) electrons. The van der Waals surface area contributed by atoms with Gasteiger partial charge in [-0.05, 0) is 24.6 Å². The van der Waals surface area contributed by atoms with E-state index >= 15 is 0 Å². The van der Waals surface area contributed by atoms with E-state index in [2.05, 4.69) is 40.8 Å². The third-order valence-electron chi connectivity index (χ3n) is 5.09. The Morgan fingerprint density at radius 3 is 1.57 bits per heavy atom. The second kappa shape index (κ2) is 18.1. The summed E-state index contributed by atoms with van der Waals surface area (Å²) >= 11 is 0. The normalized spacial score (nSPS) is 12.3. The molecule has 0 amide bonds. The van der Waals surface area contributed by atoms with Crippen LogP contribution >= 0.6 is 0 Å². The third-order valence-corrected chi connectivity index (χ3v) is 9.63. The Bertz CT molecular complexity index is 411. The van der Waals surface area contributed by atoms with Crippen LogP contribution in [0.5, 0.6) is 0 Å². The molecule has 0 aliphatic heterocycles. The van der Waals surface area contributed by atoms with Crippen LogP contribution in [-0.4, -0.2) is 80.4 Å². The van der Waals surface area contributed by atoms with Gasteiger partial charge in [-0.25, -0.2) is 0 Å². The number of carbonyl (C=O) groups excluding carboxylic acids is 1. The zero-order valence-corrected chi connectivity index (χ0v) is 21.3. The van der Waals surface area contributed by atoms with Crippen LogP contribution in [0.3, 0.4) is 0 Å². The van der Waals surface area contributed by atoms with E-state index in [0.717, 1.165) is 19.3 Å². The van der Waals surface area contributed by atoms with E-state index in [1.165, 1.54) is 0 Å². The molecule has 180 valence electrons. The summed E-state index contributed by atoms with van der Waals surface area (Å²) < 4.78 is 32.9. The highest BCUT2D eigenvalue weighted by Crippen LogP contribution is 2.36. The molecular formula is C22H46O7Si. The fraction of sp³-hybridized carbons (Fsp3) is 0.955. The van der Waals surface area contributed by atoms with Crippen LogP contribution in [0.1, 0.15) is 53.4 Å². The minimum absolute atomic E-state index is 0.146. The van der Waals surface area contributed by atoms with Gasteiger partial charge in [0, 0.05) is 6.42 Å². The number of ether oxygens (including phenoxy) is 5. The second-order valence-corrected chi connectivity index (χ2v) is 13.5. The van der Waals surface area contributed by atoms with E-state index in [9.17, 15) is 4.79 Å². The Labute approximate surface area is 185 Å². The molecule has 0 heterocycles. The summed E-state index contributed by atoms with van der Waals surface area (Å²) in [7, 11) is -1.68. The molecule has 8 heteroatoms. The van der Waals surface area contributed by atoms with Gasteiger partial charge >= 0.3 is 5.97 Å². The maximum Gasteiger partial charge on any atom is 0.305 e. The molecule has 0 aromatic heterocycles. The second-order valence-electron chi connectivity index (χ2n) is 8.74. The maximum absolute atomic E-state index is 11.4. The van der Waals surface area contributed by atoms with Gasteiger partial charge in [-0.1, -0.05) is 40.5 Å². The van der Waals surface area contributed by atoms with E-state index in [1.54, 1.807) is 0 Å². The molecule has 0 aromatic carbocycles. The summed E-state index contributed by atoms with van der Waals surface area (Å²) in [6.45, 7) is 18.3. The topological polar surface area (TPSA) is 72.5 Å². The highest BCUT2D eigenvalue weighted by Gasteiger charge is 2.36. The van der Waals surface area contributed by atoms with Gasteiger partial charge < -0.3 is 28.1 Å². The number of carbonyl (C=O) groups is 1. The molecule has 0 aromatic rings. The lowest BCUT2D eigenvalue weighted by molar-refractivity contribution is -0.145. The first-order valence-corrected chi connectivity index (χ1v) is 14.2. The van der Waals surface area contributed by atoms with Crippen molar-refractivity contribution in [1.29, 1.82) is 0 Å². The lowest BCUT2D eigenvalue weighted by atomic mass is 10.2. The van der Waals surface area contributed by atoms with Crippen molar-refractivity contribution in [2.45, 2.75) is 71.5 Å². The highest BCUT2D eigenvalue weighted by atomic mass is 28.4. The molecule has 0 atom stereocenters. The van der Waals surface area contributed by atoms with E-state index in [1.807, 2.05) is 0 Å². The van der Waals surface area contributed by atoms with Gasteiger partial charge in [0.1, 0.15) is 6.61 Å². The summed E-state index contributed by atoms with van der Waals surface area (Å²) in [5.74, 6) is -0.146. The summed E-state index contributed by atoms with van der Waals surface area (Å²) in [6.07, 6.45) is 3.55. The van der Waals surface area contributed by atoms with Gasteiger partial charge in [0.25, 0.3) is 0 Å². The van der Waals surface area contributed by atoms with Gasteiger partial charge in [0.2, 0.25) is 0 Å². The van der Waals surface area contributed by atoms with Gasteiger partial charge in [-0.2, -0.15) is 0 Å². The SMILES string of the molecule is CCCCCC(=O)OCCOCCOCCOCCOCCO[Si](C)(C)C(C)(C)C. The van der Waals surface area contributed by atoms with Crippen LogP contribution in [0, 0.1) is 0 Å². The predicted octanol–water partition coefficient (Wildman–Crippen LogP) is 4.20. The number of unbranched alkanes of at least 4 members (excludes halogenated alkanes) is 2. The smallest absolute Gasteiger partial charge is 0.305 e. The first-order chi connectivity index (χ1) is 14.2. The first kappa shape index (κ1) is 29.5. The lowest BCUT2D eigenvalue weighted by Gasteiger charge is -2.36. The molecular weight excluding hydrogens is 404 g/mol. The quantitative estimate of drug-likeness (QED) is 0.156. The Balaban J connectivity index is 3.26. The summed E-state index contributed by atoms with van der Waals surface area (Å²) in [6, 6.07) is 0. The molecule has 0 aliphatic rings. The van der Waals surface area contributed by atoms with Gasteiger partial charge in [-0.3, -0.25) is 4.79 Å². The minimum Gasteiger partial charge on any atom is -0.463 e. The summed E-state index contributed by atoms with van der Waals surface area (Å²) in [4.78, 5) is 11.4. The summed E-state index contributed by atoms with van der Waals surface area (Å²) in [5, 5.41) is 0.224. The number of rotatable bonds is 20. The molecule has 0 rings (SSSR count). The van der Waals surface area contributed by atoms with Gasteiger partial charge in [-0.15, -0.1) is 0 Å². The van der Waals surface area contributed by atoms with Crippen LogP contribution in [-0.2, 0) is 32.9 Å². The maximum atomic E-state index is 11.4. The molecule has 0 fully saturated rings. The molecule has 0 spiro atoms. The van der Waals surface area contributed by atoms with Crippen LogP contribution in [0.25, 0.3) is 0 Å². The van der Waals surface area contributed by atoms with Crippen molar-refractivity contribution < 1.29 is 32.9 Å². The molecule has 7 nitrogen and oxygen atoms in total. The number of hydrogen-bond donors (Lipinski definition) is 0. The monoisotopic (exact) mass is 450 g/mol. The molecule has 0 N–H and O–H groups in total. The third kappa shape index (κ3) is 17.2. The van der Waals surface area contributed by atoms with Gasteiger partial charge in [0.05, 0.1) is 59.5 Å². The van der Waals surface area contributed by atoms with Crippen LogP contribution in [0.2, 0.25) is 18.1 Å². The van der Waals surface area contributed by atoms with E-state index in [4.69, 9.17) is 28.1 Å². The average Bonchev–Trinajstić information content (AvgIpc) is 2.67. The van der Waals surface area contributed by atoms with Crippen molar-refractivity contribution in [1.82, 2.24) is 0 Å². The predicted molar refractivity (Wildman–Crippen MR) is 122 cm³/mol. The lowest BCUT2D eigenvalue weighted by Crippen LogP contribution is -2.41. The van der Waals surface area contributed by atoms with E-state index in [0.29, 0.717) is 72.5 Å². The Morgan fingerprint density at radius 1 is 0.700 bits per heavy atom. The summed E-state index contributed by atoms with van der Waals surface area (Å²) in [5.41, 5.74) is 0. The fourth-order valence-corrected chi connectivity index (χ4v) is 3.17. The van der Waals surface area contributed by atoms with Crippen LogP contribution in [0.15, 0.2) is 0 Å². The Hall–Kier alpha value is -0.513. The molecule has 0 aliphatic carbocycles. The molecule has 0 unspecified atom stereocenters. The van der Waals surface area contributed by atoms with Crippen LogP contribution in [0.4, 0.5) is 0 Å². The van der Waals surface area contributed by atoms with E-state index in [-0.39, 0.29) is 11.0 Å². The molecule has 0 saturated carbocycles. The molecule has 30 heavy (non-hydrogen) atoms. The van der Waals surface area contributed by atoms with Crippen molar-refractivity contribution >= 4 is 14.3 Å². The number of esters is 1. The zero-order chi connectivity index (χ0) is 22.7. The van der Waals surface area contributed by atoms with Crippen molar-refractivity contribution in [3.63, 3.8) is 0 Å². The molecule has 0 bridgehead atoms. The first-order valence-electron chi connectivity index (χ1n) is 11.3. The van der Waals surface area contributed by atoms with Crippen molar-refractivity contribution in [3.05, 3.63) is 0 Å². The largest absolute Gasteiger partial charge is 0.463 e. The highest BCUT2D eigenvalue weighted by molar-refractivity contribution is 6.74. The van der Waals surface area contributed by atoms with Gasteiger partial charge in [0.15, 0.2) is 8.32 Å². The number of hydrogen-bond acceptors (Lipinski definition) is 7. The van der Waals surface area contributed by atoms with Crippen molar-refractivity contribution in [2.24, 2.45) is 0 Å². The Kier molecular flexibility index (Phi) is 17.8.